The zero-order chi connectivity index (χ0) is 21.0. The average Bonchev–Trinajstić information content (AvgIpc) is 3.30. The monoisotopic (exact) mass is 470 g/mol. The summed E-state index contributed by atoms with van der Waals surface area (Å²) in [5.74, 6) is 0. The summed E-state index contributed by atoms with van der Waals surface area (Å²) in [7, 11) is -4.59. The largest absolute Gasteiger partial charge is 0.744 e. The molecule has 0 bridgehead atoms. The van der Waals surface area contributed by atoms with Gasteiger partial charge in [-0.05, 0) is 61.0 Å². The maximum absolute atomic E-state index is 11.8. The first-order valence-electron chi connectivity index (χ1n) is 8.92. The maximum Gasteiger partial charge on any atom is 0.126 e. The highest BCUT2D eigenvalue weighted by molar-refractivity contribution is 7.86. The Labute approximate surface area is 186 Å². The molecule has 0 unspecified atom stereocenters. The van der Waals surface area contributed by atoms with Gasteiger partial charge in [-0.15, -0.1) is 22.7 Å². The van der Waals surface area contributed by atoms with Crippen molar-refractivity contribution >= 4 is 58.9 Å². The van der Waals surface area contributed by atoms with E-state index in [9.17, 15) is 13.0 Å². The summed E-state index contributed by atoms with van der Waals surface area (Å²) in [5, 5.41) is 1.55. The summed E-state index contributed by atoms with van der Waals surface area (Å²) in [6.07, 6.45) is 0. The summed E-state index contributed by atoms with van der Waals surface area (Å²) in [6.45, 7) is 1.62. The molecule has 0 fully saturated rings. The van der Waals surface area contributed by atoms with Crippen molar-refractivity contribution in [2.45, 2.75) is 11.8 Å². The van der Waals surface area contributed by atoms with E-state index in [0.717, 1.165) is 26.4 Å². The van der Waals surface area contributed by atoms with E-state index < -0.39 is 10.1 Å². The van der Waals surface area contributed by atoms with Gasteiger partial charge in [0, 0.05) is 16.8 Å². The van der Waals surface area contributed by atoms with Crippen LogP contribution in [0.3, 0.4) is 0 Å². The summed E-state index contributed by atoms with van der Waals surface area (Å²) < 4.78 is 36.7. The second-order valence-corrected chi connectivity index (χ2v) is 10.2. The molecule has 3 aromatic carbocycles. The quantitative estimate of drug-likeness (QED) is 0.266. The fourth-order valence-corrected chi connectivity index (χ4v) is 6.60. The lowest BCUT2D eigenvalue weighted by Gasteiger charge is -2.10. The van der Waals surface area contributed by atoms with Gasteiger partial charge in [0.05, 0.1) is 25.3 Å². The second kappa shape index (κ2) is 7.66. The van der Waals surface area contributed by atoms with Crippen LogP contribution in [0, 0.1) is 6.92 Å². The van der Waals surface area contributed by atoms with Crippen LogP contribution in [0.5, 0.6) is 0 Å². The van der Waals surface area contributed by atoms with Crippen molar-refractivity contribution in [2.75, 3.05) is 5.73 Å². The fraction of sp³-hybridized carbons (Fsp3) is 0.0476. The molecule has 0 saturated carbocycles. The Morgan fingerprint density at radius 3 is 2.19 bits per heavy atom. The number of hydrogen-bond acceptors (Lipinski definition) is 8. The Morgan fingerprint density at radius 1 is 0.871 bits per heavy atom. The van der Waals surface area contributed by atoms with Crippen molar-refractivity contribution < 1.29 is 13.0 Å². The molecule has 0 amide bonds. The van der Waals surface area contributed by atoms with E-state index in [4.69, 9.17) is 5.73 Å². The topological polar surface area (TPSA) is 146 Å². The number of aromatic nitrogens is 2. The smallest absolute Gasteiger partial charge is 0.126 e. The first kappa shape index (κ1) is 21.3. The van der Waals surface area contributed by atoms with Crippen molar-refractivity contribution in [3.05, 3.63) is 60.2 Å². The second-order valence-electron chi connectivity index (χ2n) is 6.86. The maximum atomic E-state index is 11.8. The molecule has 10 heteroatoms. The zero-order valence-corrected chi connectivity index (χ0v) is 19.1. The molecule has 31 heavy (non-hydrogen) atoms. The molecular formula is C21H18N4O3S3. The molecule has 5 aromatic rings. The SMILES string of the molecule is Cc1ccc2nc(-c3ccc4nc(-c5ccc(N)cc5)sc4c3)sc2c1S(=O)(=O)[O-].[NH4+]. The lowest BCUT2D eigenvalue weighted by Crippen LogP contribution is -2.01. The van der Waals surface area contributed by atoms with Crippen molar-refractivity contribution in [2.24, 2.45) is 0 Å². The number of nitrogens with zero attached hydrogens (tertiary/aromatic N) is 2. The minimum atomic E-state index is -4.59. The molecule has 5 rings (SSSR count). The van der Waals surface area contributed by atoms with Crippen LogP contribution < -0.4 is 11.9 Å². The Kier molecular flexibility index (Phi) is 5.28. The van der Waals surface area contributed by atoms with E-state index >= 15 is 0 Å². The number of nitrogens with two attached hydrogens (primary N) is 1. The molecular weight excluding hydrogens is 452 g/mol. The fourth-order valence-electron chi connectivity index (χ4n) is 3.31. The number of anilines is 1. The number of nitrogen functional groups attached to an aromatic ring is 1. The van der Waals surface area contributed by atoms with Crippen molar-refractivity contribution in [1.82, 2.24) is 16.1 Å². The van der Waals surface area contributed by atoms with Gasteiger partial charge in [-0.1, -0.05) is 6.07 Å². The molecule has 6 N–H and O–H groups in total. The van der Waals surface area contributed by atoms with Gasteiger partial charge in [-0.3, -0.25) is 0 Å². The van der Waals surface area contributed by atoms with Gasteiger partial charge in [-0.25, -0.2) is 18.4 Å². The molecule has 7 nitrogen and oxygen atoms in total. The van der Waals surface area contributed by atoms with Crippen LogP contribution in [-0.4, -0.2) is 22.9 Å². The normalized spacial score (nSPS) is 11.7. The van der Waals surface area contributed by atoms with Gasteiger partial charge in [0.25, 0.3) is 0 Å². The number of benzene rings is 3. The highest BCUT2D eigenvalue weighted by atomic mass is 32.2. The Hall–Kier alpha value is -2.89. The highest BCUT2D eigenvalue weighted by Gasteiger charge is 2.17. The number of rotatable bonds is 3. The lowest BCUT2D eigenvalue weighted by molar-refractivity contribution is 0.463. The molecule has 0 aliphatic carbocycles. The standard InChI is InChI=1S/C21H15N3O3S3.H3N/c1-11-2-8-16-18(19(11)30(25,26)27)29-21(24-16)13-5-9-15-17(10-13)28-20(23-15)12-3-6-14(22)7-4-12;/h2-10H,22H2,1H3,(H,25,26,27);1H3. The van der Waals surface area contributed by atoms with Gasteiger partial charge in [0.2, 0.25) is 0 Å². The van der Waals surface area contributed by atoms with E-state index in [1.807, 2.05) is 42.5 Å². The number of aryl methyl sites for hydroxylation is 1. The molecule has 0 saturated heterocycles. The molecule has 2 aromatic heterocycles. The van der Waals surface area contributed by atoms with E-state index in [1.54, 1.807) is 30.4 Å². The van der Waals surface area contributed by atoms with Crippen LogP contribution in [0.15, 0.2) is 59.5 Å². The van der Waals surface area contributed by atoms with Gasteiger partial charge < -0.3 is 16.4 Å². The van der Waals surface area contributed by atoms with Crippen LogP contribution in [0.1, 0.15) is 5.56 Å². The van der Waals surface area contributed by atoms with Gasteiger partial charge >= 0.3 is 0 Å². The number of hydrogen-bond donors (Lipinski definition) is 2. The minimum absolute atomic E-state index is 0. The minimum Gasteiger partial charge on any atom is -0.744 e. The Bertz CT molecular complexity index is 1540. The molecule has 0 atom stereocenters. The molecule has 158 valence electrons. The van der Waals surface area contributed by atoms with Crippen LogP contribution in [0.25, 0.3) is 41.6 Å². The molecule has 0 spiro atoms. The first-order valence-corrected chi connectivity index (χ1v) is 12.0. The third-order valence-electron chi connectivity index (χ3n) is 4.75. The predicted octanol–water partition coefficient (Wildman–Crippen LogP) is 5.41. The third kappa shape index (κ3) is 3.80. The average molecular weight is 471 g/mol. The van der Waals surface area contributed by atoms with E-state index in [1.165, 1.54) is 11.3 Å². The predicted molar refractivity (Wildman–Crippen MR) is 127 cm³/mol. The molecule has 0 aliphatic rings. The van der Waals surface area contributed by atoms with Gasteiger partial charge in [0.15, 0.2) is 0 Å². The number of fused-ring (bicyclic) bond motifs is 2. The van der Waals surface area contributed by atoms with Crippen molar-refractivity contribution in [3.8, 4) is 21.1 Å². The van der Waals surface area contributed by atoms with Crippen LogP contribution in [0.2, 0.25) is 0 Å². The third-order valence-corrected chi connectivity index (χ3v) is 8.11. The summed E-state index contributed by atoms with van der Waals surface area (Å²) in [6, 6.07) is 16.7. The summed E-state index contributed by atoms with van der Waals surface area (Å²) >= 11 is 2.77. The van der Waals surface area contributed by atoms with E-state index in [2.05, 4.69) is 9.97 Å². The van der Waals surface area contributed by atoms with Crippen molar-refractivity contribution in [1.29, 1.82) is 0 Å². The zero-order valence-electron chi connectivity index (χ0n) is 16.6. The molecule has 0 aliphatic heterocycles. The Balaban J connectivity index is 0.00000231. The van der Waals surface area contributed by atoms with Crippen molar-refractivity contribution in [3.63, 3.8) is 0 Å². The van der Waals surface area contributed by atoms with Crippen LogP contribution >= 0.6 is 22.7 Å². The molecule has 2 heterocycles. The van der Waals surface area contributed by atoms with E-state index in [0.29, 0.717) is 26.5 Å². The summed E-state index contributed by atoms with van der Waals surface area (Å²) in [4.78, 5) is 9.07. The number of thiazole rings is 2. The van der Waals surface area contributed by atoms with Gasteiger partial charge in [0.1, 0.15) is 20.1 Å². The lowest BCUT2D eigenvalue weighted by atomic mass is 10.2. The van der Waals surface area contributed by atoms with Gasteiger partial charge in [-0.2, -0.15) is 0 Å². The Morgan fingerprint density at radius 2 is 1.48 bits per heavy atom. The van der Waals surface area contributed by atoms with E-state index in [-0.39, 0.29) is 11.0 Å². The van der Waals surface area contributed by atoms with Crippen LogP contribution in [0.4, 0.5) is 5.69 Å². The number of quaternary nitrogens is 1. The molecule has 0 radical (unpaired) electrons. The highest BCUT2D eigenvalue weighted by Crippen LogP contribution is 2.38. The first-order chi connectivity index (χ1) is 14.3. The van der Waals surface area contributed by atoms with Crippen LogP contribution in [-0.2, 0) is 10.1 Å². The summed E-state index contributed by atoms with van der Waals surface area (Å²) in [5.41, 5.74) is 10.1.